The van der Waals surface area contributed by atoms with Crippen LogP contribution in [0, 0.1) is 23.1 Å². The maximum absolute atomic E-state index is 13.8. The van der Waals surface area contributed by atoms with Gasteiger partial charge in [0.2, 0.25) is 5.91 Å². The number of hydrogen-bond donors (Lipinski definition) is 0. The summed E-state index contributed by atoms with van der Waals surface area (Å²) in [6.07, 6.45) is 0.772. The highest BCUT2D eigenvalue weighted by Crippen LogP contribution is 2.35. The molecule has 0 spiro atoms. The summed E-state index contributed by atoms with van der Waals surface area (Å²) in [5.41, 5.74) is 1.24. The van der Waals surface area contributed by atoms with Gasteiger partial charge < -0.3 is 14.5 Å². The lowest BCUT2D eigenvalue weighted by atomic mass is 9.92. The predicted molar refractivity (Wildman–Crippen MR) is 156 cm³/mol. The lowest BCUT2D eigenvalue weighted by Gasteiger charge is -2.35. The fourth-order valence-electron chi connectivity index (χ4n) is 5.84. The van der Waals surface area contributed by atoms with Gasteiger partial charge in [-0.05, 0) is 80.8 Å². The molecule has 42 heavy (non-hydrogen) atoms. The Balaban J connectivity index is 1.32. The summed E-state index contributed by atoms with van der Waals surface area (Å²) in [5.74, 6) is 0.284. The fourth-order valence-corrected chi connectivity index (χ4v) is 5.96. The number of likely N-dealkylation sites (tertiary alicyclic amines) is 1. The van der Waals surface area contributed by atoms with Crippen molar-refractivity contribution >= 4 is 29.4 Å². The standard InChI is InChI=1S/C31H32ClFN6O3/c1-20(2)39(31(41)42-26-10-7-24(33)8-11-26)28-19-38(18-27(28)21-3-5-23(32)6-4-21)30(40)22-13-15-37(16-14-22)29-12-9-25(17-34)35-36-29/h3-12,20,22,27-28H,13-16,18-19H2,1-2H3. The van der Waals surface area contributed by atoms with Gasteiger partial charge >= 0.3 is 6.09 Å². The van der Waals surface area contributed by atoms with Crippen molar-refractivity contribution in [2.24, 2.45) is 5.92 Å². The maximum atomic E-state index is 13.8. The van der Waals surface area contributed by atoms with Crippen LogP contribution in [0.25, 0.3) is 0 Å². The van der Waals surface area contributed by atoms with Gasteiger partial charge in [-0.1, -0.05) is 23.7 Å². The number of carbonyl (C=O) groups is 2. The molecule has 2 aliphatic rings. The molecule has 2 amide bonds. The molecule has 0 bridgehead atoms. The van der Waals surface area contributed by atoms with Crippen LogP contribution < -0.4 is 9.64 Å². The topological polar surface area (TPSA) is 103 Å². The van der Waals surface area contributed by atoms with Crippen LogP contribution >= 0.6 is 11.6 Å². The summed E-state index contributed by atoms with van der Waals surface area (Å²) in [5, 5.41) is 17.7. The highest BCUT2D eigenvalue weighted by molar-refractivity contribution is 6.30. The third-order valence-electron chi connectivity index (χ3n) is 7.98. The Morgan fingerprint density at radius 2 is 1.71 bits per heavy atom. The lowest BCUT2D eigenvalue weighted by molar-refractivity contribution is -0.135. The average Bonchev–Trinajstić information content (AvgIpc) is 3.43. The van der Waals surface area contributed by atoms with Gasteiger partial charge in [-0.15, -0.1) is 10.2 Å². The zero-order valence-electron chi connectivity index (χ0n) is 23.5. The molecule has 11 heteroatoms. The molecule has 2 unspecified atom stereocenters. The van der Waals surface area contributed by atoms with E-state index in [-0.39, 0.29) is 41.3 Å². The van der Waals surface area contributed by atoms with Crippen LogP contribution in [-0.4, -0.2) is 70.3 Å². The number of aromatic nitrogens is 2. The van der Waals surface area contributed by atoms with Crippen LogP contribution in [0.3, 0.4) is 0 Å². The van der Waals surface area contributed by atoms with Crippen molar-refractivity contribution in [3.8, 4) is 11.8 Å². The molecule has 0 saturated carbocycles. The first-order chi connectivity index (χ1) is 20.2. The number of halogens is 2. The van der Waals surface area contributed by atoms with Gasteiger partial charge in [0.15, 0.2) is 11.5 Å². The quantitative estimate of drug-likeness (QED) is 0.386. The normalized spacial score (nSPS) is 19.0. The van der Waals surface area contributed by atoms with Gasteiger partial charge in [-0.25, -0.2) is 9.18 Å². The van der Waals surface area contributed by atoms with Crippen LogP contribution in [0.5, 0.6) is 5.75 Å². The van der Waals surface area contributed by atoms with Crippen LogP contribution in [0.1, 0.15) is 43.9 Å². The number of anilines is 1. The first-order valence-electron chi connectivity index (χ1n) is 14.0. The Hall–Kier alpha value is -4.23. The summed E-state index contributed by atoms with van der Waals surface area (Å²) in [4.78, 5) is 33.0. The number of piperidine rings is 1. The van der Waals surface area contributed by atoms with Crippen LogP contribution in [0.4, 0.5) is 15.0 Å². The van der Waals surface area contributed by atoms with E-state index in [4.69, 9.17) is 21.6 Å². The van der Waals surface area contributed by atoms with E-state index in [1.165, 1.54) is 24.3 Å². The summed E-state index contributed by atoms with van der Waals surface area (Å²) in [7, 11) is 0. The molecule has 2 fully saturated rings. The summed E-state index contributed by atoms with van der Waals surface area (Å²) < 4.78 is 19.1. The summed E-state index contributed by atoms with van der Waals surface area (Å²) in [6, 6.07) is 17.7. The lowest BCUT2D eigenvalue weighted by Crippen LogP contribution is -2.50. The Bertz CT molecular complexity index is 1440. The number of amides is 2. The van der Waals surface area contributed by atoms with Crippen molar-refractivity contribution in [1.29, 1.82) is 5.26 Å². The third kappa shape index (κ3) is 6.47. The number of carbonyl (C=O) groups excluding carboxylic acids is 2. The van der Waals surface area contributed by atoms with Crippen molar-refractivity contribution in [3.63, 3.8) is 0 Å². The Morgan fingerprint density at radius 1 is 1.02 bits per heavy atom. The SMILES string of the molecule is CC(C)N(C(=O)Oc1ccc(F)cc1)C1CN(C(=O)C2CCN(c3ccc(C#N)nn3)CC2)CC1c1ccc(Cl)cc1. The number of rotatable bonds is 6. The molecule has 3 aromatic rings. The minimum absolute atomic E-state index is 0.0673. The second-order valence-electron chi connectivity index (χ2n) is 10.9. The first-order valence-corrected chi connectivity index (χ1v) is 14.4. The van der Waals surface area contributed by atoms with Gasteiger partial charge in [0.05, 0.1) is 6.04 Å². The van der Waals surface area contributed by atoms with E-state index >= 15 is 0 Å². The first kappa shape index (κ1) is 29.3. The molecule has 0 radical (unpaired) electrons. The van der Waals surface area contributed by atoms with Crippen LogP contribution in [0.2, 0.25) is 5.02 Å². The molecular weight excluding hydrogens is 559 g/mol. The number of nitriles is 1. The monoisotopic (exact) mass is 590 g/mol. The molecule has 0 N–H and O–H groups in total. The van der Waals surface area contributed by atoms with Gasteiger partial charge in [0.25, 0.3) is 0 Å². The number of benzene rings is 2. The largest absolute Gasteiger partial charge is 0.415 e. The molecule has 0 aliphatic carbocycles. The smallest absolute Gasteiger partial charge is 0.410 e. The molecule has 2 aliphatic heterocycles. The van der Waals surface area contributed by atoms with Gasteiger partial charge in [0, 0.05) is 49.1 Å². The molecule has 2 aromatic carbocycles. The van der Waals surface area contributed by atoms with E-state index in [1.54, 1.807) is 17.0 Å². The van der Waals surface area contributed by atoms with E-state index in [1.807, 2.05) is 49.1 Å². The zero-order valence-corrected chi connectivity index (χ0v) is 24.2. The molecule has 9 nitrogen and oxygen atoms in total. The predicted octanol–water partition coefficient (Wildman–Crippen LogP) is 5.26. The Kier molecular flexibility index (Phi) is 8.88. The van der Waals surface area contributed by atoms with Gasteiger partial charge in [-0.2, -0.15) is 5.26 Å². The molecule has 2 atom stereocenters. The molecule has 5 rings (SSSR count). The number of nitrogens with zero attached hydrogens (tertiary/aromatic N) is 6. The van der Waals surface area contributed by atoms with Crippen LogP contribution in [-0.2, 0) is 4.79 Å². The van der Waals surface area contributed by atoms with Crippen molar-refractivity contribution in [1.82, 2.24) is 20.0 Å². The number of hydrogen-bond acceptors (Lipinski definition) is 7. The van der Waals surface area contributed by atoms with Crippen LogP contribution in [0.15, 0.2) is 60.7 Å². The van der Waals surface area contributed by atoms with E-state index in [0.717, 1.165) is 5.56 Å². The van der Waals surface area contributed by atoms with Crippen molar-refractivity contribution in [2.45, 2.75) is 44.7 Å². The van der Waals surface area contributed by atoms with E-state index in [0.29, 0.717) is 49.9 Å². The Labute approximate surface area is 249 Å². The van der Waals surface area contributed by atoms with E-state index in [9.17, 15) is 14.0 Å². The second-order valence-corrected chi connectivity index (χ2v) is 11.4. The van der Waals surface area contributed by atoms with Crippen molar-refractivity contribution < 1.29 is 18.7 Å². The molecule has 218 valence electrons. The summed E-state index contributed by atoms with van der Waals surface area (Å²) >= 11 is 6.17. The molecule has 2 saturated heterocycles. The van der Waals surface area contributed by atoms with Crippen molar-refractivity contribution in [3.05, 3.63) is 82.8 Å². The third-order valence-corrected chi connectivity index (χ3v) is 8.23. The fraction of sp³-hybridized carbons (Fsp3) is 0.387. The average molecular weight is 591 g/mol. The maximum Gasteiger partial charge on any atom is 0.415 e. The Morgan fingerprint density at radius 3 is 2.31 bits per heavy atom. The number of ether oxygens (including phenoxy) is 1. The molecule has 1 aromatic heterocycles. The second kappa shape index (κ2) is 12.7. The zero-order chi connectivity index (χ0) is 29.8. The minimum Gasteiger partial charge on any atom is -0.410 e. The minimum atomic E-state index is -0.549. The van der Waals surface area contributed by atoms with E-state index < -0.39 is 11.9 Å². The summed E-state index contributed by atoms with van der Waals surface area (Å²) in [6.45, 7) is 5.95. The highest BCUT2D eigenvalue weighted by Gasteiger charge is 2.44. The van der Waals surface area contributed by atoms with Crippen molar-refractivity contribution in [2.75, 3.05) is 31.1 Å². The molecule has 3 heterocycles. The van der Waals surface area contributed by atoms with Gasteiger partial charge in [-0.3, -0.25) is 9.69 Å². The van der Waals surface area contributed by atoms with E-state index in [2.05, 4.69) is 15.1 Å². The van der Waals surface area contributed by atoms with Gasteiger partial charge in [0.1, 0.15) is 17.6 Å². The molecular formula is C31H32ClFN6O3. The highest BCUT2D eigenvalue weighted by atomic mass is 35.5.